The highest BCUT2D eigenvalue weighted by Gasteiger charge is 2.34. The minimum atomic E-state index is 0.00877. The van der Waals surface area contributed by atoms with Crippen LogP contribution in [0, 0.1) is 12.8 Å². The zero-order valence-electron chi connectivity index (χ0n) is 18.3. The first kappa shape index (κ1) is 19.1. The molecule has 6 rings (SSSR count). The number of hydrogen-bond donors (Lipinski definition) is 1. The Hall–Kier alpha value is -3.60. The van der Waals surface area contributed by atoms with E-state index in [0.29, 0.717) is 22.8 Å². The second-order valence-electron chi connectivity index (χ2n) is 9.11. The smallest absolute Gasteiger partial charge is 0.196 e. The van der Waals surface area contributed by atoms with Gasteiger partial charge < -0.3 is 14.7 Å². The molecule has 1 aliphatic heterocycles. The van der Waals surface area contributed by atoms with Gasteiger partial charge in [0, 0.05) is 29.9 Å². The van der Waals surface area contributed by atoms with Crippen molar-refractivity contribution in [2.24, 2.45) is 5.92 Å². The summed E-state index contributed by atoms with van der Waals surface area (Å²) in [6.45, 7) is 6.32. The molecule has 0 bridgehead atoms. The van der Waals surface area contributed by atoms with Gasteiger partial charge in [-0.2, -0.15) is 0 Å². The fraction of sp³-hybridized carbons (Fsp3) is 0.259. The highest BCUT2D eigenvalue weighted by molar-refractivity contribution is 6.28. The molecule has 1 atom stereocenters. The summed E-state index contributed by atoms with van der Waals surface area (Å²) < 4.78 is 5.89. The summed E-state index contributed by atoms with van der Waals surface area (Å²) in [5.41, 5.74) is 6.88. The van der Waals surface area contributed by atoms with Crippen LogP contribution in [-0.2, 0) is 0 Å². The van der Waals surface area contributed by atoms with Gasteiger partial charge in [-0.15, -0.1) is 0 Å². The Balaban J connectivity index is 1.60. The van der Waals surface area contributed by atoms with Crippen molar-refractivity contribution in [1.29, 1.82) is 0 Å². The molecule has 1 aliphatic carbocycles. The van der Waals surface area contributed by atoms with E-state index in [2.05, 4.69) is 47.4 Å². The summed E-state index contributed by atoms with van der Waals surface area (Å²) in [5, 5.41) is 8.83. The Kier molecular flexibility index (Phi) is 4.32. The molecule has 32 heavy (non-hydrogen) atoms. The third-order valence-corrected chi connectivity index (χ3v) is 6.71. The first-order chi connectivity index (χ1) is 15.6. The number of piperidine rings is 1. The maximum atomic E-state index is 13.7. The minimum absolute atomic E-state index is 0.00877. The number of anilines is 3. The molecule has 0 amide bonds. The van der Waals surface area contributed by atoms with Crippen LogP contribution in [0.3, 0.4) is 0 Å². The summed E-state index contributed by atoms with van der Waals surface area (Å²) in [6, 6.07) is 18.0. The average Bonchev–Trinajstić information content (AvgIpc) is 3.24. The molecule has 1 saturated heterocycles. The Morgan fingerprint density at radius 3 is 2.66 bits per heavy atom. The first-order valence-electron chi connectivity index (χ1n) is 11.3. The van der Waals surface area contributed by atoms with Crippen molar-refractivity contribution in [3.05, 3.63) is 71.3 Å². The lowest BCUT2D eigenvalue weighted by Gasteiger charge is -2.33. The number of rotatable bonds is 3. The predicted molar refractivity (Wildman–Crippen MR) is 128 cm³/mol. The highest BCUT2D eigenvalue weighted by atomic mass is 16.5. The van der Waals surface area contributed by atoms with Crippen LogP contribution in [0.5, 0.6) is 0 Å². The Bertz CT molecular complexity index is 1350. The second kappa shape index (κ2) is 7.23. The fourth-order valence-electron chi connectivity index (χ4n) is 5.08. The number of nitrogens with one attached hydrogen (secondary N) is 1. The molecule has 0 spiro atoms. The van der Waals surface area contributed by atoms with E-state index in [4.69, 9.17) is 4.52 Å². The number of nitrogens with zero attached hydrogens (tertiary/aromatic N) is 2. The fourth-order valence-corrected chi connectivity index (χ4v) is 5.08. The van der Waals surface area contributed by atoms with Gasteiger partial charge in [0.15, 0.2) is 11.5 Å². The van der Waals surface area contributed by atoms with Crippen LogP contribution < -0.4 is 10.2 Å². The van der Waals surface area contributed by atoms with E-state index in [1.54, 1.807) is 0 Å². The SMILES string of the molecule is Cc1ccc(Nc2cc(N3CCC[C@H](C)C3)c3noc4c3c2C(=O)c2ccccc2-4)cc1. The summed E-state index contributed by atoms with van der Waals surface area (Å²) in [5.74, 6) is 1.31. The zero-order valence-corrected chi connectivity index (χ0v) is 18.3. The van der Waals surface area contributed by atoms with Gasteiger partial charge >= 0.3 is 0 Å². The van der Waals surface area contributed by atoms with Crippen LogP contribution in [0.1, 0.15) is 41.3 Å². The third kappa shape index (κ3) is 2.92. The number of hydrogen-bond acceptors (Lipinski definition) is 5. The van der Waals surface area contributed by atoms with Crippen molar-refractivity contribution in [3.8, 4) is 11.3 Å². The van der Waals surface area contributed by atoms with Crippen LogP contribution >= 0.6 is 0 Å². The Morgan fingerprint density at radius 1 is 1.09 bits per heavy atom. The minimum Gasteiger partial charge on any atom is -0.369 e. The monoisotopic (exact) mass is 423 g/mol. The van der Waals surface area contributed by atoms with Gasteiger partial charge in [0.25, 0.3) is 0 Å². The van der Waals surface area contributed by atoms with E-state index in [1.165, 1.54) is 12.0 Å². The number of carbonyl (C=O) groups is 1. The Labute approximate surface area is 187 Å². The van der Waals surface area contributed by atoms with Crippen molar-refractivity contribution in [2.75, 3.05) is 23.3 Å². The number of benzene rings is 3. The molecule has 0 unspecified atom stereocenters. The molecule has 4 aromatic rings. The normalized spacial score (nSPS) is 17.5. The summed E-state index contributed by atoms with van der Waals surface area (Å²) in [4.78, 5) is 16.1. The molecule has 5 nitrogen and oxygen atoms in total. The van der Waals surface area contributed by atoms with Gasteiger partial charge in [-0.25, -0.2) is 0 Å². The van der Waals surface area contributed by atoms with Crippen LogP contribution in [0.4, 0.5) is 17.1 Å². The molecule has 5 heteroatoms. The van der Waals surface area contributed by atoms with E-state index in [1.807, 2.05) is 36.4 Å². The molecule has 2 heterocycles. The molecular weight excluding hydrogens is 398 g/mol. The van der Waals surface area contributed by atoms with Crippen LogP contribution in [0.25, 0.3) is 22.2 Å². The van der Waals surface area contributed by atoms with E-state index in [0.717, 1.165) is 53.0 Å². The summed E-state index contributed by atoms with van der Waals surface area (Å²) in [7, 11) is 0. The molecule has 1 fully saturated rings. The molecular formula is C27H25N3O2. The number of ketones is 1. The lowest BCUT2D eigenvalue weighted by atomic mass is 9.86. The van der Waals surface area contributed by atoms with Crippen LogP contribution in [-0.4, -0.2) is 24.0 Å². The molecule has 1 N–H and O–H groups in total. The molecule has 0 saturated carbocycles. The topological polar surface area (TPSA) is 58.4 Å². The van der Waals surface area contributed by atoms with Gasteiger partial charge in [-0.3, -0.25) is 4.79 Å². The van der Waals surface area contributed by atoms with Gasteiger partial charge in [0.05, 0.1) is 22.3 Å². The van der Waals surface area contributed by atoms with Gasteiger partial charge in [0.1, 0.15) is 5.52 Å². The average molecular weight is 424 g/mol. The van der Waals surface area contributed by atoms with Crippen molar-refractivity contribution in [1.82, 2.24) is 5.16 Å². The molecule has 0 radical (unpaired) electrons. The molecule has 160 valence electrons. The number of fused-ring (bicyclic) bond motifs is 2. The second-order valence-corrected chi connectivity index (χ2v) is 9.11. The number of carbonyl (C=O) groups excluding carboxylic acids is 1. The lowest BCUT2D eigenvalue weighted by Crippen LogP contribution is -2.34. The van der Waals surface area contributed by atoms with Crippen molar-refractivity contribution < 1.29 is 9.32 Å². The standard InChI is InChI=1S/C27H25N3O2/c1-16-9-11-18(12-10-16)28-21-14-22(30-13-5-6-17(2)15-30)25-24-23(21)26(31)19-7-3-4-8-20(19)27(24)32-29-25/h3-4,7-12,14,17,28H,5-6,13,15H2,1-2H3/t17-/m0/s1. The van der Waals surface area contributed by atoms with Gasteiger partial charge in [0.2, 0.25) is 0 Å². The maximum Gasteiger partial charge on any atom is 0.196 e. The summed E-state index contributed by atoms with van der Waals surface area (Å²) >= 11 is 0. The predicted octanol–water partition coefficient (Wildman–Crippen LogP) is 6.33. The number of aromatic nitrogens is 1. The largest absolute Gasteiger partial charge is 0.369 e. The zero-order chi connectivity index (χ0) is 21.8. The number of aryl methyl sites for hydroxylation is 1. The van der Waals surface area contributed by atoms with E-state index < -0.39 is 0 Å². The van der Waals surface area contributed by atoms with E-state index in [9.17, 15) is 4.79 Å². The molecule has 2 aliphatic rings. The Morgan fingerprint density at radius 2 is 1.88 bits per heavy atom. The molecule has 3 aromatic carbocycles. The lowest BCUT2D eigenvalue weighted by molar-refractivity contribution is 0.104. The third-order valence-electron chi connectivity index (χ3n) is 6.71. The van der Waals surface area contributed by atoms with E-state index in [-0.39, 0.29) is 5.78 Å². The first-order valence-corrected chi connectivity index (χ1v) is 11.3. The van der Waals surface area contributed by atoms with Gasteiger partial charge in [-0.05, 0) is 43.9 Å². The van der Waals surface area contributed by atoms with Gasteiger partial charge in [-0.1, -0.05) is 54.0 Å². The van der Waals surface area contributed by atoms with Crippen LogP contribution in [0.2, 0.25) is 0 Å². The molecule has 1 aromatic heterocycles. The highest BCUT2D eigenvalue weighted by Crippen LogP contribution is 2.46. The van der Waals surface area contributed by atoms with Crippen molar-refractivity contribution in [3.63, 3.8) is 0 Å². The van der Waals surface area contributed by atoms with E-state index >= 15 is 0 Å². The van der Waals surface area contributed by atoms with Crippen molar-refractivity contribution >= 4 is 33.7 Å². The maximum absolute atomic E-state index is 13.7. The quantitative estimate of drug-likeness (QED) is 0.368. The van der Waals surface area contributed by atoms with Crippen molar-refractivity contribution in [2.45, 2.75) is 26.7 Å². The summed E-state index contributed by atoms with van der Waals surface area (Å²) in [6.07, 6.45) is 2.39. The van der Waals surface area contributed by atoms with Crippen LogP contribution in [0.15, 0.2) is 59.1 Å².